The van der Waals surface area contributed by atoms with Gasteiger partial charge in [0.1, 0.15) is 0 Å². The second-order valence-corrected chi connectivity index (χ2v) is 12.5. The molecule has 1 aromatic carbocycles. The van der Waals surface area contributed by atoms with Crippen LogP contribution in [0.2, 0.25) is 0 Å². The van der Waals surface area contributed by atoms with Crippen LogP contribution in [-0.4, -0.2) is 5.97 Å². The summed E-state index contributed by atoms with van der Waals surface area (Å²) in [5.74, 6) is 0.772. The molecule has 0 aromatic heterocycles. The lowest BCUT2D eigenvalue weighted by molar-refractivity contribution is -0.144. The first kappa shape index (κ1) is 29.3. The Morgan fingerprint density at radius 1 is 0.921 bits per heavy atom. The van der Waals surface area contributed by atoms with Gasteiger partial charge in [0, 0.05) is 0 Å². The molecule has 2 nitrogen and oxygen atoms in total. The summed E-state index contributed by atoms with van der Waals surface area (Å²) in [6, 6.07) is 2.98. The third-order valence-electron chi connectivity index (χ3n) is 10.2. The van der Waals surface area contributed by atoms with Crippen LogP contribution in [0.3, 0.4) is 0 Å². The van der Waals surface area contributed by atoms with Crippen molar-refractivity contribution in [2.45, 2.75) is 123 Å². The number of fused-ring (bicyclic) bond motifs is 1. The van der Waals surface area contributed by atoms with Gasteiger partial charge in [-0.15, -0.1) is 0 Å². The minimum atomic E-state index is -1.03. The minimum Gasteiger partial charge on any atom is -0.423 e. The number of unbranched alkanes of at least 4 members (excludes halogenated alkanes) is 3. The predicted molar refractivity (Wildman–Crippen MR) is 151 cm³/mol. The molecule has 3 aliphatic carbocycles. The van der Waals surface area contributed by atoms with Crippen LogP contribution in [0.15, 0.2) is 24.3 Å². The number of rotatable bonds is 11. The van der Waals surface area contributed by atoms with Gasteiger partial charge in [0.05, 0.1) is 5.92 Å². The summed E-state index contributed by atoms with van der Waals surface area (Å²) in [5.41, 5.74) is 0.321. The van der Waals surface area contributed by atoms with E-state index in [0.29, 0.717) is 30.2 Å². The maximum absolute atomic E-state index is 14.7. The Bertz CT molecular complexity index is 917. The Labute approximate surface area is 230 Å². The molecule has 0 heterocycles. The maximum atomic E-state index is 14.7. The molecule has 0 bridgehead atoms. The third kappa shape index (κ3) is 7.48. The number of benzene rings is 1. The third-order valence-corrected chi connectivity index (χ3v) is 10.2. The van der Waals surface area contributed by atoms with E-state index >= 15 is 0 Å². The van der Waals surface area contributed by atoms with E-state index in [2.05, 4.69) is 6.92 Å². The van der Waals surface area contributed by atoms with Gasteiger partial charge in [-0.2, -0.15) is 4.39 Å². The van der Waals surface area contributed by atoms with Crippen LogP contribution in [0.4, 0.5) is 8.78 Å². The van der Waals surface area contributed by atoms with Gasteiger partial charge in [-0.1, -0.05) is 82.9 Å². The number of allylic oxidation sites excluding steroid dienone is 2. The van der Waals surface area contributed by atoms with E-state index in [0.717, 1.165) is 37.0 Å². The second-order valence-electron chi connectivity index (χ2n) is 12.5. The van der Waals surface area contributed by atoms with Crippen molar-refractivity contribution < 1.29 is 18.3 Å². The molecular weight excluding hydrogens is 478 g/mol. The number of aryl methyl sites for hydroxylation is 1. The summed E-state index contributed by atoms with van der Waals surface area (Å²) in [6.45, 7) is 4.19. The lowest BCUT2D eigenvalue weighted by Crippen LogP contribution is -2.40. The highest BCUT2D eigenvalue weighted by Gasteiger charge is 2.43. The molecule has 3 saturated carbocycles. The number of halogens is 2. The second kappa shape index (κ2) is 14.6. The fourth-order valence-corrected chi connectivity index (χ4v) is 7.96. The largest absolute Gasteiger partial charge is 0.423 e. The van der Waals surface area contributed by atoms with Crippen molar-refractivity contribution in [2.75, 3.05) is 0 Å². The van der Waals surface area contributed by atoms with Crippen LogP contribution in [0.25, 0.3) is 0 Å². The average molecular weight is 529 g/mol. The Hall–Kier alpha value is -1.71. The normalized spacial score (nSPS) is 29.8. The molecule has 0 aliphatic heterocycles. The summed E-state index contributed by atoms with van der Waals surface area (Å²) in [6.07, 6.45) is 24.0. The van der Waals surface area contributed by atoms with Gasteiger partial charge in [0.15, 0.2) is 11.6 Å². The van der Waals surface area contributed by atoms with E-state index in [9.17, 15) is 13.6 Å². The molecule has 0 spiro atoms. The summed E-state index contributed by atoms with van der Waals surface area (Å²) in [5, 5.41) is 0. The molecule has 0 saturated heterocycles. The first-order valence-electron chi connectivity index (χ1n) is 15.8. The maximum Gasteiger partial charge on any atom is 0.314 e. The van der Waals surface area contributed by atoms with Crippen LogP contribution in [0.5, 0.6) is 5.75 Å². The average Bonchev–Trinajstić information content (AvgIpc) is 2.94. The Kier molecular flexibility index (Phi) is 11.3. The zero-order chi connectivity index (χ0) is 26.9. The number of hydrogen-bond donors (Lipinski definition) is 0. The molecule has 38 heavy (non-hydrogen) atoms. The molecule has 4 rings (SSSR count). The van der Waals surface area contributed by atoms with E-state index in [1.165, 1.54) is 83.1 Å². The quantitative estimate of drug-likeness (QED) is 0.124. The lowest BCUT2D eigenvalue weighted by atomic mass is 9.59. The van der Waals surface area contributed by atoms with E-state index in [4.69, 9.17) is 4.74 Å². The first-order chi connectivity index (χ1) is 18.5. The van der Waals surface area contributed by atoms with Crippen molar-refractivity contribution in [1.29, 1.82) is 0 Å². The molecule has 0 radical (unpaired) electrons. The first-order valence-corrected chi connectivity index (χ1v) is 15.8. The van der Waals surface area contributed by atoms with E-state index in [-0.39, 0.29) is 17.6 Å². The van der Waals surface area contributed by atoms with E-state index in [1.807, 2.05) is 19.1 Å². The van der Waals surface area contributed by atoms with Crippen molar-refractivity contribution >= 4 is 5.97 Å². The molecule has 4 heteroatoms. The zero-order valence-electron chi connectivity index (χ0n) is 23.9. The van der Waals surface area contributed by atoms with Crippen LogP contribution in [0, 0.1) is 47.1 Å². The van der Waals surface area contributed by atoms with E-state index in [1.54, 1.807) is 6.07 Å². The molecule has 1 aromatic rings. The van der Waals surface area contributed by atoms with Gasteiger partial charge in [-0.3, -0.25) is 4.79 Å². The monoisotopic (exact) mass is 528 g/mol. The number of hydrogen-bond acceptors (Lipinski definition) is 2. The van der Waals surface area contributed by atoms with Gasteiger partial charge in [-0.25, -0.2) is 4.39 Å². The highest BCUT2D eigenvalue weighted by molar-refractivity contribution is 5.75. The van der Waals surface area contributed by atoms with Crippen molar-refractivity contribution in [1.82, 2.24) is 0 Å². The highest BCUT2D eigenvalue weighted by atomic mass is 19.2. The van der Waals surface area contributed by atoms with Crippen molar-refractivity contribution in [3.63, 3.8) is 0 Å². The smallest absolute Gasteiger partial charge is 0.314 e. The fourth-order valence-electron chi connectivity index (χ4n) is 7.96. The summed E-state index contributed by atoms with van der Waals surface area (Å²) in [4.78, 5) is 13.2. The molecule has 212 valence electrons. The topological polar surface area (TPSA) is 26.3 Å². The summed E-state index contributed by atoms with van der Waals surface area (Å²) < 4.78 is 34.9. The number of carbonyl (C=O) groups excluding carboxylic acids is 1. The lowest BCUT2D eigenvalue weighted by Gasteiger charge is -2.46. The molecule has 4 unspecified atom stereocenters. The number of ether oxygens (including phenoxy) is 1. The molecule has 0 amide bonds. The molecule has 3 fully saturated rings. The van der Waals surface area contributed by atoms with Gasteiger partial charge in [0.25, 0.3) is 0 Å². The number of esters is 1. The van der Waals surface area contributed by atoms with Gasteiger partial charge >= 0.3 is 5.97 Å². The minimum absolute atomic E-state index is 0.189. The van der Waals surface area contributed by atoms with Crippen molar-refractivity contribution in [2.24, 2.45) is 35.5 Å². The van der Waals surface area contributed by atoms with Crippen molar-refractivity contribution in [3.05, 3.63) is 41.5 Å². The van der Waals surface area contributed by atoms with E-state index < -0.39 is 11.6 Å². The predicted octanol–water partition coefficient (Wildman–Crippen LogP) is 9.99. The Morgan fingerprint density at radius 2 is 1.71 bits per heavy atom. The summed E-state index contributed by atoms with van der Waals surface area (Å²) in [7, 11) is 0. The standard InChI is InChI=1S/C34H50F2O2/c1-3-5-7-9-11-24-15-17-25(18-16-24)27-19-21-29-28(23-27)13-10-14-30(29)34(37)38-31-22-20-26(12-8-6-4-2)32(35)33(31)36/h4,6,20,22,24-25,27-30H,3,5,7-19,21,23H2,1-2H3/b6-4+. The molecular formula is C34H50F2O2. The van der Waals surface area contributed by atoms with Crippen LogP contribution < -0.4 is 4.74 Å². The van der Waals surface area contributed by atoms with Gasteiger partial charge < -0.3 is 4.74 Å². The summed E-state index contributed by atoms with van der Waals surface area (Å²) >= 11 is 0. The number of carbonyl (C=O) groups is 1. The van der Waals surface area contributed by atoms with Gasteiger partial charge in [0.2, 0.25) is 5.82 Å². The zero-order valence-corrected chi connectivity index (χ0v) is 23.9. The molecule has 0 N–H and O–H groups in total. The van der Waals surface area contributed by atoms with Crippen LogP contribution in [-0.2, 0) is 11.2 Å². The van der Waals surface area contributed by atoms with Crippen molar-refractivity contribution in [3.8, 4) is 5.75 Å². The van der Waals surface area contributed by atoms with Crippen LogP contribution >= 0.6 is 0 Å². The Morgan fingerprint density at radius 3 is 2.47 bits per heavy atom. The molecule has 4 atom stereocenters. The molecule has 3 aliphatic rings. The SMILES string of the molecule is C/C=C/CCc1ccc(OC(=O)C2CCCC3CC(C4CCC(CCCCCC)CC4)CCC32)c(F)c1F. The van der Waals surface area contributed by atoms with Gasteiger partial charge in [-0.05, 0) is 99.5 Å². The van der Waals surface area contributed by atoms with Crippen LogP contribution in [0.1, 0.15) is 122 Å². The Balaban J connectivity index is 1.28. The fraction of sp³-hybridized carbons (Fsp3) is 0.735. The highest BCUT2D eigenvalue weighted by Crippen LogP contribution is 2.50.